The third kappa shape index (κ3) is 1.74. The maximum absolute atomic E-state index is 12.9. The Hall–Kier alpha value is -0.670. The van der Waals surface area contributed by atoms with E-state index in [4.69, 9.17) is 0 Å². The van der Waals surface area contributed by atoms with Crippen molar-refractivity contribution in [2.75, 3.05) is 7.05 Å². The first-order valence-corrected chi connectivity index (χ1v) is 4.32. The van der Waals surface area contributed by atoms with Crippen LogP contribution in [0, 0.1) is 11.6 Å². The summed E-state index contributed by atoms with van der Waals surface area (Å²) >= 11 is 0. The lowest BCUT2D eigenvalue weighted by molar-refractivity contribution is 0.499. The van der Waals surface area contributed by atoms with E-state index in [1.165, 1.54) is 12.1 Å². The molecule has 0 heterocycles. The maximum Gasteiger partial charge on any atom is 0.159 e. The maximum atomic E-state index is 12.9. The van der Waals surface area contributed by atoms with Crippen LogP contribution in [0.15, 0.2) is 18.2 Å². The Kier molecular flexibility index (Phi) is 3.12. The number of halogens is 3. The predicted octanol–water partition coefficient (Wildman–Crippen LogP) is 2.60. The van der Waals surface area contributed by atoms with E-state index >= 15 is 0 Å². The molecule has 1 aliphatic carbocycles. The number of hydrogen-bond acceptors (Lipinski definition) is 1. The van der Waals surface area contributed by atoms with E-state index in [2.05, 4.69) is 5.32 Å². The summed E-state index contributed by atoms with van der Waals surface area (Å²) in [5.74, 6) is -1.55. The molecule has 0 atom stereocenters. The average Bonchev–Trinajstić information content (AvgIpc) is 2.90. The summed E-state index contributed by atoms with van der Waals surface area (Å²) in [4.78, 5) is 0. The molecule has 0 radical (unpaired) electrons. The summed E-state index contributed by atoms with van der Waals surface area (Å²) in [5, 5.41) is 3.13. The quantitative estimate of drug-likeness (QED) is 0.806. The van der Waals surface area contributed by atoms with Crippen LogP contribution in [0.4, 0.5) is 8.78 Å². The molecule has 78 valence electrons. The monoisotopic (exact) mass is 219 g/mol. The topological polar surface area (TPSA) is 12.0 Å². The van der Waals surface area contributed by atoms with Gasteiger partial charge in [0, 0.05) is 5.54 Å². The standard InChI is InChI=1S/C10H11F2N.ClH/c1-13-10(4-5-10)7-2-3-8(11)9(12)6-7;/h2-3,6,13H,4-5H2,1H3;1H. The highest BCUT2D eigenvalue weighted by molar-refractivity contribution is 5.85. The van der Waals surface area contributed by atoms with Gasteiger partial charge < -0.3 is 5.32 Å². The van der Waals surface area contributed by atoms with E-state index in [-0.39, 0.29) is 17.9 Å². The van der Waals surface area contributed by atoms with Crippen molar-refractivity contribution in [2.24, 2.45) is 0 Å². The van der Waals surface area contributed by atoms with Crippen LogP contribution in [0.25, 0.3) is 0 Å². The van der Waals surface area contributed by atoms with Crippen LogP contribution in [0.5, 0.6) is 0 Å². The minimum absolute atomic E-state index is 0. The highest BCUT2D eigenvalue weighted by Crippen LogP contribution is 2.45. The van der Waals surface area contributed by atoms with E-state index in [9.17, 15) is 8.78 Å². The van der Waals surface area contributed by atoms with E-state index in [0.29, 0.717) is 0 Å². The van der Waals surface area contributed by atoms with Crippen LogP contribution < -0.4 is 5.32 Å². The molecule has 1 N–H and O–H groups in total. The fourth-order valence-corrected chi connectivity index (χ4v) is 1.60. The van der Waals surface area contributed by atoms with Crippen molar-refractivity contribution in [3.8, 4) is 0 Å². The van der Waals surface area contributed by atoms with Crippen LogP contribution in [-0.4, -0.2) is 7.05 Å². The lowest BCUT2D eigenvalue weighted by atomic mass is 10.1. The van der Waals surface area contributed by atoms with Crippen LogP contribution >= 0.6 is 12.4 Å². The molecule has 4 heteroatoms. The van der Waals surface area contributed by atoms with Crippen molar-refractivity contribution in [3.63, 3.8) is 0 Å². The van der Waals surface area contributed by atoms with Gasteiger partial charge in [-0.2, -0.15) is 0 Å². The first-order valence-electron chi connectivity index (χ1n) is 4.32. The summed E-state index contributed by atoms with van der Waals surface area (Å²) < 4.78 is 25.5. The molecule has 0 amide bonds. The fourth-order valence-electron chi connectivity index (χ4n) is 1.60. The summed E-state index contributed by atoms with van der Waals surface area (Å²) in [7, 11) is 1.84. The molecule has 1 aliphatic rings. The second kappa shape index (κ2) is 3.83. The van der Waals surface area contributed by atoms with Gasteiger partial charge in [-0.05, 0) is 37.6 Å². The molecule has 1 aromatic rings. The zero-order chi connectivity index (χ0) is 9.47. The Morgan fingerprint density at radius 1 is 1.21 bits per heavy atom. The molecule has 2 rings (SSSR count). The average molecular weight is 220 g/mol. The summed E-state index contributed by atoms with van der Waals surface area (Å²) in [6, 6.07) is 4.10. The van der Waals surface area contributed by atoms with Gasteiger partial charge in [0.25, 0.3) is 0 Å². The smallest absolute Gasteiger partial charge is 0.159 e. The van der Waals surface area contributed by atoms with Crippen LogP contribution in [0.3, 0.4) is 0 Å². The molecule has 1 saturated carbocycles. The summed E-state index contributed by atoms with van der Waals surface area (Å²) in [5.41, 5.74) is 0.753. The molecule has 0 saturated heterocycles. The molecular formula is C10H12ClF2N. The van der Waals surface area contributed by atoms with E-state index in [1.807, 2.05) is 7.05 Å². The third-order valence-electron chi connectivity index (χ3n) is 2.70. The SMILES string of the molecule is CNC1(c2ccc(F)c(F)c2)CC1.Cl. The lowest BCUT2D eigenvalue weighted by Crippen LogP contribution is -2.24. The fraction of sp³-hybridized carbons (Fsp3) is 0.400. The second-order valence-corrected chi connectivity index (χ2v) is 3.46. The Bertz CT molecular complexity index is 337. The largest absolute Gasteiger partial charge is 0.310 e. The number of hydrogen-bond donors (Lipinski definition) is 1. The minimum Gasteiger partial charge on any atom is -0.310 e. The van der Waals surface area contributed by atoms with Crippen molar-refractivity contribution in [2.45, 2.75) is 18.4 Å². The highest BCUT2D eigenvalue weighted by Gasteiger charge is 2.42. The molecule has 0 aliphatic heterocycles. The molecule has 1 fully saturated rings. The normalized spacial score (nSPS) is 17.4. The first kappa shape index (κ1) is 11.4. The first-order chi connectivity index (χ1) is 6.18. The van der Waals surface area contributed by atoms with E-state index in [0.717, 1.165) is 18.4 Å². The van der Waals surface area contributed by atoms with Gasteiger partial charge in [-0.25, -0.2) is 8.78 Å². The van der Waals surface area contributed by atoms with Gasteiger partial charge in [0.1, 0.15) is 0 Å². The van der Waals surface area contributed by atoms with Gasteiger partial charge in [0.15, 0.2) is 11.6 Å². The van der Waals surface area contributed by atoms with Crippen molar-refractivity contribution in [3.05, 3.63) is 35.4 Å². The van der Waals surface area contributed by atoms with Crippen molar-refractivity contribution >= 4 is 12.4 Å². The molecule has 0 unspecified atom stereocenters. The van der Waals surface area contributed by atoms with E-state index in [1.54, 1.807) is 6.07 Å². The molecule has 0 bridgehead atoms. The Labute approximate surface area is 87.9 Å². The minimum atomic E-state index is -0.782. The van der Waals surface area contributed by atoms with Crippen LogP contribution in [-0.2, 0) is 5.54 Å². The van der Waals surface area contributed by atoms with Crippen molar-refractivity contribution in [1.29, 1.82) is 0 Å². The molecule has 14 heavy (non-hydrogen) atoms. The molecule has 1 nitrogen and oxygen atoms in total. The Balaban J connectivity index is 0.000000980. The van der Waals surface area contributed by atoms with Gasteiger partial charge in [-0.15, -0.1) is 12.4 Å². The van der Waals surface area contributed by atoms with Gasteiger partial charge in [-0.1, -0.05) is 6.07 Å². The lowest BCUT2D eigenvalue weighted by Gasteiger charge is -2.14. The Morgan fingerprint density at radius 2 is 1.86 bits per heavy atom. The molecule has 0 aromatic heterocycles. The zero-order valence-electron chi connectivity index (χ0n) is 7.81. The number of nitrogens with one attached hydrogen (secondary N) is 1. The molecular weight excluding hydrogens is 208 g/mol. The van der Waals surface area contributed by atoms with Crippen molar-refractivity contribution < 1.29 is 8.78 Å². The molecule has 1 aromatic carbocycles. The predicted molar refractivity (Wildman–Crippen MR) is 53.6 cm³/mol. The second-order valence-electron chi connectivity index (χ2n) is 3.46. The summed E-state index contributed by atoms with van der Waals surface area (Å²) in [6.07, 6.45) is 1.99. The van der Waals surface area contributed by atoms with Gasteiger partial charge in [-0.3, -0.25) is 0 Å². The third-order valence-corrected chi connectivity index (χ3v) is 2.70. The van der Waals surface area contributed by atoms with Crippen LogP contribution in [0.2, 0.25) is 0 Å². The highest BCUT2D eigenvalue weighted by atomic mass is 35.5. The zero-order valence-corrected chi connectivity index (χ0v) is 8.63. The van der Waals surface area contributed by atoms with E-state index < -0.39 is 11.6 Å². The number of benzene rings is 1. The van der Waals surface area contributed by atoms with Gasteiger partial charge in [0.05, 0.1) is 0 Å². The van der Waals surface area contributed by atoms with Gasteiger partial charge >= 0.3 is 0 Å². The van der Waals surface area contributed by atoms with Crippen molar-refractivity contribution in [1.82, 2.24) is 5.32 Å². The summed E-state index contributed by atoms with van der Waals surface area (Å²) in [6.45, 7) is 0. The Morgan fingerprint density at radius 3 is 2.29 bits per heavy atom. The number of rotatable bonds is 2. The molecule has 0 spiro atoms. The van der Waals surface area contributed by atoms with Gasteiger partial charge in [0.2, 0.25) is 0 Å². The van der Waals surface area contributed by atoms with Crippen LogP contribution in [0.1, 0.15) is 18.4 Å².